The maximum Gasteiger partial charge on any atom is 0.252 e. The third-order valence-corrected chi connectivity index (χ3v) is 9.52. The second kappa shape index (κ2) is 7.98. The van der Waals surface area contributed by atoms with Crippen LogP contribution in [0.3, 0.4) is 0 Å². The summed E-state index contributed by atoms with van der Waals surface area (Å²) in [5.41, 5.74) is 2.25. The highest BCUT2D eigenvalue weighted by atomic mass is 32.2. The van der Waals surface area contributed by atoms with E-state index in [4.69, 9.17) is 9.97 Å². The molecule has 6 nitrogen and oxygen atoms in total. The highest BCUT2D eigenvalue weighted by Crippen LogP contribution is 2.42. The number of hydrogen-bond donors (Lipinski definition) is 1. The van der Waals surface area contributed by atoms with Crippen LogP contribution in [0.15, 0.2) is 52.1 Å². The molecule has 31 heavy (non-hydrogen) atoms. The summed E-state index contributed by atoms with van der Waals surface area (Å²) in [4.78, 5) is 11.7. The predicted octanol–water partition coefficient (Wildman–Crippen LogP) is 5.16. The van der Waals surface area contributed by atoms with Crippen LogP contribution in [0.25, 0.3) is 21.3 Å². The number of sulfonamides is 1. The van der Waals surface area contributed by atoms with Crippen LogP contribution in [-0.4, -0.2) is 36.8 Å². The normalized spacial score (nSPS) is 14.4. The van der Waals surface area contributed by atoms with Crippen molar-refractivity contribution in [2.75, 3.05) is 19.4 Å². The first kappa shape index (κ1) is 20.6. The summed E-state index contributed by atoms with van der Waals surface area (Å²) >= 11 is 2.93. The first-order valence-electron chi connectivity index (χ1n) is 10.0. The Balaban J connectivity index is 1.50. The van der Waals surface area contributed by atoms with Crippen LogP contribution in [0.1, 0.15) is 29.5 Å². The van der Waals surface area contributed by atoms with Crippen molar-refractivity contribution < 1.29 is 8.42 Å². The van der Waals surface area contributed by atoms with Crippen LogP contribution in [0, 0.1) is 0 Å². The number of nitrogens with zero attached hydrogens (tertiary/aromatic N) is 3. The molecule has 0 radical (unpaired) electrons. The van der Waals surface area contributed by atoms with Gasteiger partial charge in [-0.15, -0.1) is 22.7 Å². The van der Waals surface area contributed by atoms with E-state index < -0.39 is 10.0 Å². The van der Waals surface area contributed by atoms with E-state index in [2.05, 4.69) is 22.8 Å². The van der Waals surface area contributed by atoms with E-state index in [1.165, 1.54) is 15.6 Å². The molecular formula is C22H22N4O2S3. The van der Waals surface area contributed by atoms with Crippen molar-refractivity contribution in [1.29, 1.82) is 0 Å². The van der Waals surface area contributed by atoms with Crippen molar-refractivity contribution in [1.82, 2.24) is 14.3 Å². The number of benzene rings is 1. The predicted molar refractivity (Wildman–Crippen MR) is 127 cm³/mol. The van der Waals surface area contributed by atoms with E-state index in [1.807, 2.05) is 24.3 Å². The average molecular weight is 471 g/mol. The van der Waals surface area contributed by atoms with Gasteiger partial charge in [-0.05, 0) is 30.5 Å². The van der Waals surface area contributed by atoms with E-state index in [9.17, 15) is 8.42 Å². The molecule has 1 aliphatic rings. The molecular weight excluding hydrogens is 448 g/mol. The molecule has 160 valence electrons. The lowest BCUT2D eigenvalue weighted by atomic mass is 10.1. The fraction of sp³-hybridized carbons (Fsp3) is 0.273. The molecule has 1 fully saturated rings. The van der Waals surface area contributed by atoms with Gasteiger partial charge in [0, 0.05) is 35.8 Å². The first-order valence-corrected chi connectivity index (χ1v) is 13.2. The Hall–Kier alpha value is -2.33. The molecule has 0 bridgehead atoms. The second-order valence-electron chi connectivity index (χ2n) is 7.76. The van der Waals surface area contributed by atoms with Crippen molar-refractivity contribution >= 4 is 48.7 Å². The summed E-state index contributed by atoms with van der Waals surface area (Å²) in [5.74, 6) is 2.17. The van der Waals surface area contributed by atoms with Crippen molar-refractivity contribution in [2.24, 2.45) is 0 Å². The monoisotopic (exact) mass is 470 g/mol. The molecule has 3 aromatic heterocycles. The molecule has 1 N–H and O–H groups in total. The van der Waals surface area contributed by atoms with Crippen LogP contribution in [-0.2, 0) is 16.6 Å². The van der Waals surface area contributed by atoms with E-state index in [0.717, 1.165) is 50.7 Å². The fourth-order valence-electron chi connectivity index (χ4n) is 3.38. The third kappa shape index (κ3) is 3.98. The number of thiophene rings is 2. The SMILES string of the molecule is CN(C)S(=O)(=O)c1ccc(CNc2nc(C3CC3)nc3scc(-c4ccccc4)c23)s1. The number of rotatable bonds is 7. The molecule has 4 aromatic rings. The summed E-state index contributed by atoms with van der Waals surface area (Å²) in [7, 11) is -0.322. The summed E-state index contributed by atoms with van der Waals surface area (Å²) in [5, 5.41) is 6.64. The zero-order chi connectivity index (χ0) is 21.6. The van der Waals surface area contributed by atoms with Gasteiger partial charge in [-0.3, -0.25) is 0 Å². The van der Waals surface area contributed by atoms with Crippen LogP contribution >= 0.6 is 22.7 Å². The van der Waals surface area contributed by atoms with Gasteiger partial charge < -0.3 is 5.32 Å². The van der Waals surface area contributed by atoms with Gasteiger partial charge in [-0.2, -0.15) is 0 Å². The Kier molecular flexibility index (Phi) is 5.29. The Bertz CT molecular complexity index is 1340. The molecule has 0 saturated heterocycles. The largest absolute Gasteiger partial charge is 0.365 e. The molecule has 1 aliphatic carbocycles. The lowest BCUT2D eigenvalue weighted by molar-refractivity contribution is 0.523. The lowest BCUT2D eigenvalue weighted by Crippen LogP contribution is -2.21. The molecule has 3 heterocycles. The maximum absolute atomic E-state index is 12.4. The van der Waals surface area contributed by atoms with E-state index in [1.54, 1.807) is 31.5 Å². The molecule has 1 aromatic carbocycles. The van der Waals surface area contributed by atoms with Crippen LogP contribution in [0.5, 0.6) is 0 Å². The Morgan fingerprint density at radius 3 is 2.58 bits per heavy atom. The number of nitrogens with one attached hydrogen (secondary N) is 1. The van der Waals surface area contributed by atoms with E-state index >= 15 is 0 Å². The van der Waals surface area contributed by atoms with Crippen molar-refractivity contribution in [2.45, 2.75) is 29.5 Å². The molecule has 5 rings (SSSR count). The molecule has 0 amide bonds. The molecule has 0 aliphatic heterocycles. The summed E-state index contributed by atoms with van der Waals surface area (Å²) in [6, 6.07) is 13.8. The molecule has 1 saturated carbocycles. The molecule has 0 unspecified atom stereocenters. The summed E-state index contributed by atoms with van der Waals surface area (Å²) < 4.78 is 26.4. The van der Waals surface area contributed by atoms with Gasteiger partial charge in [0.05, 0.1) is 11.9 Å². The number of fused-ring (bicyclic) bond motifs is 1. The molecule has 0 atom stereocenters. The summed E-state index contributed by atoms with van der Waals surface area (Å²) in [6.07, 6.45) is 2.27. The number of anilines is 1. The lowest BCUT2D eigenvalue weighted by Gasteiger charge is -2.10. The van der Waals surface area contributed by atoms with Gasteiger partial charge >= 0.3 is 0 Å². The fourth-order valence-corrected chi connectivity index (χ4v) is 6.80. The second-order valence-corrected chi connectivity index (χ2v) is 12.2. The number of hydrogen-bond acceptors (Lipinski definition) is 7. The smallest absolute Gasteiger partial charge is 0.252 e. The number of aromatic nitrogens is 2. The first-order chi connectivity index (χ1) is 14.9. The third-order valence-electron chi connectivity index (χ3n) is 5.28. The highest BCUT2D eigenvalue weighted by molar-refractivity contribution is 7.91. The van der Waals surface area contributed by atoms with Crippen molar-refractivity contribution in [3.05, 3.63) is 58.5 Å². The minimum absolute atomic E-state index is 0.348. The zero-order valence-corrected chi connectivity index (χ0v) is 19.6. The standard InChI is InChI=1S/C22H22N4O2S3/c1-26(2)31(27,28)18-11-10-16(30-18)12-23-21-19-17(14-6-4-3-5-7-14)13-29-22(19)25-20(24-21)15-8-9-15/h3-7,10-11,13,15H,8-9,12H2,1-2H3,(H,23,24,25). The van der Waals surface area contributed by atoms with Crippen LogP contribution in [0.4, 0.5) is 5.82 Å². The zero-order valence-electron chi connectivity index (χ0n) is 17.2. The average Bonchev–Trinajstić information content (AvgIpc) is 3.34. The van der Waals surface area contributed by atoms with Gasteiger partial charge in [0.15, 0.2) is 0 Å². The molecule has 0 spiro atoms. The van der Waals surface area contributed by atoms with Gasteiger partial charge in [0.25, 0.3) is 10.0 Å². The van der Waals surface area contributed by atoms with Crippen molar-refractivity contribution in [3.63, 3.8) is 0 Å². The van der Waals surface area contributed by atoms with Crippen LogP contribution in [0.2, 0.25) is 0 Å². The Morgan fingerprint density at radius 1 is 1.10 bits per heavy atom. The minimum atomic E-state index is -3.42. The van der Waals surface area contributed by atoms with Crippen molar-refractivity contribution in [3.8, 4) is 11.1 Å². The van der Waals surface area contributed by atoms with Gasteiger partial charge in [-0.1, -0.05) is 30.3 Å². The minimum Gasteiger partial charge on any atom is -0.365 e. The topological polar surface area (TPSA) is 75.2 Å². The van der Waals surface area contributed by atoms with E-state index in [-0.39, 0.29) is 0 Å². The van der Waals surface area contributed by atoms with Gasteiger partial charge in [0.1, 0.15) is 20.7 Å². The maximum atomic E-state index is 12.4. The van der Waals surface area contributed by atoms with Gasteiger partial charge in [-0.25, -0.2) is 22.7 Å². The van der Waals surface area contributed by atoms with E-state index in [0.29, 0.717) is 16.7 Å². The quantitative estimate of drug-likeness (QED) is 0.404. The highest BCUT2D eigenvalue weighted by Gasteiger charge is 2.28. The Morgan fingerprint density at radius 2 is 1.87 bits per heavy atom. The molecule has 9 heteroatoms. The Labute approximate surface area is 189 Å². The van der Waals surface area contributed by atoms with Gasteiger partial charge in [0.2, 0.25) is 0 Å². The summed E-state index contributed by atoms with van der Waals surface area (Å²) in [6.45, 7) is 0.508. The van der Waals surface area contributed by atoms with Crippen LogP contribution < -0.4 is 5.32 Å².